The van der Waals surface area contributed by atoms with Crippen molar-refractivity contribution >= 4 is 27.9 Å². The van der Waals surface area contributed by atoms with Crippen LogP contribution >= 0.6 is 0 Å². The van der Waals surface area contributed by atoms with Crippen molar-refractivity contribution in [2.75, 3.05) is 51.0 Å². The number of aliphatic hydroxyl groups excluding tert-OH is 1. The Kier molecular flexibility index (Phi) is 8.22. The fourth-order valence-electron chi connectivity index (χ4n) is 5.36. The number of aromatic nitrogens is 1. The van der Waals surface area contributed by atoms with E-state index in [4.69, 9.17) is 4.74 Å². The molecule has 3 N–H and O–H groups in total. The molecule has 2 heterocycles. The third kappa shape index (κ3) is 5.67. The van der Waals surface area contributed by atoms with Crippen LogP contribution in [-0.2, 0) is 0 Å². The van der Waals surface area contributed by atoms with E-state index in [2.05, 4.69) is 69.0 Å². The van der Waals surface area contributed by atoms with Crippen LogP contribution in [0.25, 0.3) is 16.5 Å². The van der Waals surface area contributed by atoms with Crippen molar-refractivity contribution in [3.63, 3.8) is 0 Å². The topological polar surface area (TPSA) is 69.7 Å². The summed E-state index contributed by atoms with van der Waals surface area (Å²) in [6.45, 7) is 2.64. The number of aliphatic hydroxyl groups is 1. The van der Waals surface area contributed by atoms with E-state index in [0.717, 1.165) is 54.0 Å². The van der Waals surface area contributed by atoms with Gasteiger partial charge in [0.15, 0.2) is 0 Å². The third-order valence-corrected chi connectivity index (χ3v) is 7.25. The van der Waals surface area contributed by atoms with Crippen molar-refractivity contribution in [3.05, 3.63) is 102 Å². The molecule has 3 aromatic carbocycles. The minimum Gasteiger partial charge on any atom is -0.490 e. The van der Waals surface area contributed by atoms with Gasteiger partial charge in [-0.15, -0.1) is 0 Å². The van der Waals surface area contributed by atoms with Gasteiger partial charge in [-0.1, -0.05) is 48.0 Å². The average Bonchev–Trinajstić information content (AvgIpc) is 2.97. The Morgan fingerprint density at radius 2 is 1.53 bits per heavy atom. The Morgan fingerprint density at radius 1 is 0.868 bits per heavy atom. The highest BCUT2D eigenvalue weighted by Crippen LogP contribution is 2.38. The normalized spacial score (nSPS) is 14.8. The lowest BCUT2D eigenvalue weighted by atomic mass is 9.86. The number of ether oxygens (including phenoxy) is 1. The van der Waals surface area contributed by atoms with Gasteiger partial charge in [-0.05, 0) is 54.8 Å². The first kappa shape index (κ1) is 25.8. The molecule has 0 saturated carbocycles. The van der Waals surface area contributed by atoms with E-state index in [1.807, 2.05) is 44.4 Å². The van der Waals surface area contributed by atoms with Crippen molar-refractivity contribution in [3.8, 4) is 5.75 Å². The molecule has 1 aliphatic rings. The van der Waals surface area contributed by atoms with E-state index < -0.39 is 6.10 Å². The molecule has 6 nitrogen and oxygen atoms in total. The monoisotopic (exact) mass is 508 g/mol. The predicted octanol–water partition coefficient (Wildman–Crippen LogP) is 5.66. The van der Waals surface area contributed by atoms with Crippen molar-refractivity contribution in [1.82, 2.24) is 9.88 Å². The summed E-state index contributed by atoms with van der Waals surface area (Å²) < 4.78 is 6.01. The zero-order valence-electron chi connectivity index (χ0n) is 22.2. The Balaban J connectivity index is 1.30. The molecule has 0 spiro atoms. The van der Waals surface area contributed by atoms with Crippen molar-refractivity contribution < 1.29 is 9.84 Å². The summed E-state index contributed by atoms with van der Waals surface area (Å²) in [5.41, 5.74) is 8.33. The molecule has 6 heteroatoms. The van der Waals surface area contributed by atoms with E-state index in [9.17, 15) is 5.11 Å². The SMILES string of the molecule is CNc1ccccc1C(=C1CCN(CC(O)COc2cccc3ncccc23)CC1)c1ccccc1NC. The predicted molar refractivity (Wildman–Crippen MR) is 157 cm³/mol. The molecule has 1 saturated heterocycles. The van der Waals surface area contributed by atoms with Crippen molar-refractivity contribution in [1.29, 1.82) is 0 Å². The number of fused-ring (bicyclic) bond motifs is 1. The van der Waals surface area contributed by atoms with Crippen molar-refractivity contribution in [2.45, 2.75) is 18.9 Å². The van der Waals surface area contributed by atoms with Gasteiger partial charge in [-0.25, -0.2) is 0 Å². The molecule has 1 unspecified atom stereocenters. The summed E-state index contributed by atoms with van der Waals surface area (Å²) in [6, 6.07) is 26.8. The lowest BCUT2D eigenvalue weighted by molar-refractivity contribution is 0.0661. The van der Waals surface area contributed by atoms with Crippen LogP contribution in [0.4, 0.5) is 11.4 Å². The van der Waals surface area contributed by atoms with Crippen LogP contribution in [0.3, 0.4) is 0 Å². The number of nitrogens with one attached hydrogen (secondary N) is 2. The number of nitrogens with zero attached hydrogens (tertiary/aromatic N) is 2. The third-order valence-electron chi connectivity index (χ3n) is 7.25. The number of pyridine rings is 1. The second-order valence-electron chi connectivity index (χ2n) is 9.66. The summed E-state index contributed by atoms with van der Waals surface area (Å²) in [4.78, 5) is 6.73. The van der Waals surface area contributed by atoms with Crippen molar-refractivity contribution in [2.24, 2.45) is 0 Å². The number of likely N-dealkylation sites (tertiary alicyclic amines) is 1. The maximum absolute atomic E-state index is 10.8. The number of piperidine rings is 1. The number of hydrogen-bond acceptors (Lipinski definition) is 6. The largest absolute Gasteiger partial charge is 0.490 e. The molecule has 0 aliphatic carbocycles. The highest BCUT2D eigenvalue weighted by Gasteiger charge is 2.23. The van der Waals surface area contributed by atoms with E-state index >= 15 is 0 Å². The molecule has 1 aliphatic heterocycles. The Morgan fingerprint density at radius 3 is 2.18 bits per heavy atom. The van der Waals surface area contributed by atoms with Gasteiger partial charge in [0.05, 0.1) is 5.52 Å². The minimum atomic E-state index is -0.568. The molecule has 0 amide bonds. The molecule has 1 fully saturated rings. The van der Waals surface area contributed by atoms with E-state index in [0.29, 0.717) is 6.54 Å². The second-order valence-corrected chi connectivity index (χ2v) is 9.66. The standard InChI is InChI=1S/C32H36N4O2/c1-33-28-12-5-3-9-26(28)32(27-10-4-6-13-29(27)34-2)23-16-19-36(20-17-23)21-24(37)22-38-31-15-7-14-30-25(31)11-8-18-35-30/h3-15,18,24,33-34,37H,16-17,19-22H2,1-2H3. The molecule has 196 valence electrons. The zero-order valence-corrected chi connectivity index (χ0v) is 22.2. The van der Waals surface area contributed by atoms with Crippen LogP contribution in [0.5, 0.6) is 5.75 Å². The lowest BCUT2D eigenvalue weighted by Crippen LogP contribution is -2.39. The first-order valence-electron chi connectivity index (χ1n) is 13.3. The molecular formula is C32H36N4O2. The summed E-state index contributed by atoms with van der Waals surface area (Å²) in [7, 11) is 3.96. The van der Waals surface area contributed by atoms with Crippen LogP contribution < -0.4 is 15.4 Å². The molecule has 4 aromatic rings. The summed E-state index contributed by atoms with van der Waals surface area (Å²) in [6.07, 6.45) is 3.12. The smallest absolute Gasteiger partial charge is 0.128 e. The van der Waals surface area contributed by atoms with Gasteiger partial charge in [-0.3, -0.25) is 9.88 Å². The number of hydrogen-bond donors (Lipinski definition) is 3. The molecule has 0 bridgehead atoms. The van der Waals surface area contributed by atoms with Gasteiger partial charge >= 0.3 is 0 Å². The zero-order chi connectivity index (χ0) is 26.3. The number of β-amino-alcohol motifs (C(OH)–C–C–N with tert-alkyl or cyclic N) is 1. The summed E-state index contributed by atoms with van der Waals surface area (Å²) >= 11 is 0. The maximum atomic E-state index is 10.8. The van der Waals surface area contributed by atoms with Crippen LogP contribution in [0, 0.1) is 0 Å². The van der Waals surface area contributed by atoms with Gasteiger partial charge in [0.25, 0.3) is 0 Å². The lowest BCUT2D eigenvalue weighted by Gasteiger charge is -2.32. The van der Waals surface area contributed by atoms with E-state index in [1.54, 1.807) is 6.20 Å². The van der Waals surface area contributed by atoms with Crippen LogP contribution in [0.15, 0.2) is 90.6 Å². The van der Waals surface area contributed by atoms with E-state index in [-0.39, 0.29) is 6.61 Å². The first-order chi connectivity index (χ1) is 18.7. The molecule has 1 atom stereocenters. The highest BCUT2D eigenvalue weighted by molar-refractivity contribution is 5.92. The van der Waals surface area contributed by atoms with Crippen LogP contribution in [-0.4, -0.2) is 61.4 Å². The Hall–Kier alpha value is -3.87. The summed E-state index contributed by atoms with van der Waals surface area (Å²) in [5, 5.41) is 18.5. The Labute approximate surface area is 225 Å². The average molecular weight is 509 g/mol. The van der Waals surface area contributed by atoms with Crippen LogP contribution in [0.1, 0.15) is 24.0 Å². The quantitative estimate of drug-likeness (QED) is 0.271. The van der Waals surface area contributed by atoms with Crippen LogP contribution in [0.2, 0.25) is 0 Å². The number of rotatable bonds is 9. The van der Waals surface area contributed by atoms with Gasteiger partial charge in [0.1, 0.15) is 18.5 Å². The maximum Gasteiger partial charge on any atom is 0.128 e. The number of para-hydroxylation sites is 2. The van der Waals surface area contributed by atoms with Gasteiger partial charge in [0.2, 0.25) is 0 Å². The molecule has 1 aromatic heterocycles. The minimum absolute atomic E-state index is 0.254. The number of benzene rings is 3. The van der Waals surface area contributed by atoms with Gasteiger partial charge in [0, 0.05) is 67.8 Å². The first-order valence-corrected chi connectivity index (χ1v) is 13.3. The van der Waals surface area contributed by atoms with E-state index in [1.165, 1.54) is 22.3 Å². The summed E-state index contributed by atoms with van der Waals surface area (Å²) in [5.74, 6) is 0.759. The Bertz CT molecular complexity index is 1350. The van der Waals surface area contributed by atoms with Gasteiger partial charge < -0.3 is 20.5 Å². The highest BCUT2D eigenvalue weighted by atomic mass is 16.5. The molecule has 38 heavy (non-hydrogen) atoms. The number of anilines is 2. The fraction of sp³-hybridized carbons (Fsp3) is 0.281. The van der Waals surface area contributed by atoms with Gasteiger partial charge in [-0.2, -0.15) is 0 Å². The molecule has 0 radical (unpaired) electrons. The molecular weight excluding hydrogens is 472 g/mol. The second kappa shape index (κ2) is 12.1. The molecule has 5 rings (SSSR count). The fourth-order valence-corrected chi connectivity index (χ4v) is 5.36.